The summed E-state index contributed by atoms with van der Waals surface area (Å²) in [7, 11) is 0. The molecular weight excluding hydrogens is 371 g/mol. The molecule has 1 aromatic carbocycles. The van der Waals surface area contributed by atoms with Crippen LogP contribution < -0.4 is 0 Å². The monoisotopic (exact) mass is 393 g/mol. The molecule has 0 N–H and O–H groups in total. The third-order valence-electron chi connectivity index (χ3n) is 5.58. The van der Waals surface area contributed by atoms with Gasteiger partial charge in [-0.1, -0.05) is 19.1 Å². The Balaban J connectivity index is 1.61. The number of aryl methyl sites for hydroxylation is 1. The van der Waals surface area contributed by atoms with Gasteiger partial charge in [0, 0.05) is 38.2 Å². The Hall–Kier alpha value is -2.42. The first kappa shape index (κ1) is 18.9. The highest BCUT2D eigenvalue weighted by molar-refractivity contribution is 5.82. The highest BCUT2D eigenvalue weighted by Gasteiger charge is 2.37. The molecule has 9 heteroatoms. The molecule has 0 aliphatic carbocycles. The SMILES string of the molecule is CCN1CCN(C(=O)C2CCc3nnc(-c4cccc(C(F)(F)F)c4)n32)CC1. The Bertz CT molecular complexity index is 871. The maximum Gasteiger partial charge on any atom is 0.416 e. The summed E-state index contributed by atoms with van der Waals surface area (Å²) in [5.41, 5.74) is -0.414. The van der Waals surface area contributed by atoms with Crippen molar-refractivity contribution < 1.29 is 18.0 Å². The Morgan fingerprint density at radius 1 is 1.18 bits per heavy atom. The lowest BCUT2D eigenvalue weighted by Crippen LogP contribution is -2.50. The fourth-order valence-corrected chi connectivity index (χ4v) is 3.98. The summed E-state index contributed by atoms with van der Waals surface area (Å²) in [4.78, 5) is 17.3. The number of nitrogens with zero attached hydrogens (tertiary/aromatic N) is 5. The largest absolute Gasteiger partial charge is 0.416 e. The zero-order valence-electron chi connectivity index (χ0n) is 15.6. The van der Waals surface area contributed by atoms with E-state index in [4.69, 9.17) is 0 Å². The van der Waals surface area contributed by atoms with E-state index in [0.717, 1.165) is 31.8 Å². The van der Waals surface area contributed by atoms with Gasteiger partial charge in [-0.25, -0.2) is 0 Å². The number of carbonyl (C=O) groups excluding carboxylic acids is 1. The number of aromatic nitrogens is 3. The van der Waals surface area contributed by atoms with Gasteiger partial charge in [0.15, 0.2) is 5.82 Å². The van der Waals surface area contributed by atoms with Crippen LogP contribution in [-0.4, -0.2) is 63.2 Å². The minimum Gasteiger partial charge on any atom is -0.338 e. The van der Waals surface area contributed by atoms with Crippen LogP contribution in [0.4, 0.5) is 13.2 Å². The van der Waals surface area contributed by atoms with Crippen LogP contribution in [0.2, 0.25) is 0 Å². The number of piperazine rings is 1. The highest BCUT2D eigenvalue weighted by atomic mass is 19.4. The molecule has 0 radical (unpaired) electrons. The summed E-state index contributed by atoms with van der Waals surface area (Å²) in [6.07, 6.45) is -3.24. The van der Waals surface area contributed by atoms with E-state index in [2.05, 4.69) is 22.0 Å². The van der Waals surface area contributed by atoms with E-state index in [1.807, 2.05) is 4.90 Å². The fraction of sp³-hybridized carbons (Fsp3) is 0.526. The number of halogens is 3. The molecule has 28 heavy (non-hydrogen) atoms. The zero-order valence-corrected chi connectivity index (χ0v) is 15.6. The molecule has 1 unspecified atom stereocenters. The van der Waals surface area contributed by atoms with Gasteiger partial charge in [0.2, 0.25) is 5.91 Å². The summed E-state index contributed by atoms with van der Waals surface area (Å²) in [5.74, 6) is 0.977. The van der Waals surface area contributed by atoms with E-state index in [-0.39, 0.29) is 5.91 Å². The number of fused-ring (bicyclic) bond motifs is 1. The number of alkyl halides is 3. The Kier molecular flexibility index (Phi) is 4.86. The summed E-state index contributed by atoms with van der Waals surface area (Å²) in [6.45, 7) is 6.06. The lowest BCUT2D eigenvalue weighted by Gasteiger charge is -2.35. The minimum absolute atomic E-state index is 0.00234. The number of hydrogen-bond acceptors (Lipinski definition) is 4. The standard InChI is InChI=1S/C19H22F3N5O/c1-2-25-8-10-26(11-9-25)18(28)15-6-7-16-23-24-17(27(15)16)13-4-3-5-14(12-13)19(20,21)22/h3-5,12,15H,2,6-11H2,1H3. The first-order valence-corrected chi connectivity index (χ1v) is 9.51. The van der Waals surface area contributed by atoms with Crippen molar-refractivity contribution in [3.8, 4) is 11.4 Å². The van der Waals surface area contributed by atoms with Gasteiger partial charge in [-0.15, -0.1) is 10.2 Å². The van der Waals surface area contributed by atoms with Gasteiger partial charge in [-0.05, 0) is 25.1 Å². The number of likely N-dealkylation sites (N-methyl/N-ethyl adjacent to an activating group) is 1. The lowest BCUT2D eigenvalue weighted by atomic mass is 10.1. The second-order valence-electron chi connectivity index (χ2n) is 7.20. The molecular formula is C19H22F3N5O. The first-order valence-electron chi connectivity index (χ1n) is 9.51. The van der Waals surface area contributed by atoms with Crippen molar-refractivity contribution in [3.05, 3.63) is 35.7 Å². The predicted octanol–water partition coefficient (Wildman–Crippen LogP) is 2.62. The van der Waals surface area contributed by atoms with E-state index in [0.29, 0.717) is 43.1 Å². The zero-order chi connectivity index (χ0) is 19.9. The fourth-order valence-electron chi connectivity index (χ4n) is 3.98. The van der Waals surface area contributed by atoms with Crippen LogP contribution in [0.25, 0.3) is 11.4 Å². The molecule has 2 aliphatic rings. The van der Waals surface area contributed by atoms with E-state index in [1.54, 1.807) is 10.6 Å². The molecule has 1 aromatic heterocycles. The lowest BCUT2D eigenvalue weighted by molar-refractivity contribution is -0.138. The molecule has 0 spiro atoms. The second kappa shape index (κ2) is 7.20. The third kappa shape index (κ3) is 3.39. The van der Waals surface area contributed by atoms with Crippen LogP contribution in [-0.2, 0) is 17.4 Å². The number of hydrogen-bond donors (Lipinski definition) is 0. The van der Waals surface area contributed by atoms with Gasteiger partial charge in [-0.3, -0.25) is 9.36 Å². The van der Waals surface area contributed by atoms with Crippen LogP contribution in [0.1, 0.15) is 30.8 Å². The minimum atomic E-state index is -4.43. The highest BCUT2D eigenvalue weighted by Crippen LogP contribution is 2.35. The van der Waals surface area contributed by atoms with Gasteiger partial charge in [-0.2, -0.15) is 13.2 Å². The van der Waals surface area contributed by atoms with Crippen LogP contribution in [0.15, 0.2) is 24.3 Å². The van der Waals surface area contributed by atoms with E-state index >= 15 is 0 Å². The van der Waals surface area contributed by atoms with Gasteiger partial charge in [0.1, 0.15) is 11.9 Å². The summed E-state index contributed by atoms with van der Waals surface area (Å²) < 4.78 is 41.0. The van der Waals surface area contributed by atoms with Crippen molar-refractivity contribution in [3.63, 3.8) is 0 Å². The smallest absolute Gasteiger partial charge is 0.338 e. The third-order valence-corrected chi connectivity index (χ3v) is 5.58. The van der Waals surface area contributed by atoms with Crippen molar-refractivity contribution in [2.75, 3.05) is 32.7 Å². The van der Waals surface area contributed by atoms with Crippen LogP contribution in [0.5, 0.6) is 0 Å². The summed E-state index contributed by atoms with van der Waals surface area (Å²) >= 11 is 0. The quantitative estimate of drug-likeness (QED) is 0.805. The molecule has 1 fully saturated rings. The molecule has 3 heterocycles. The summed E-state index contributed by atoms with van der Waals surface area (Å²) in [6, 6.07) is 4.57. The maximum absolute atomic E-state index is 13.1. The second-order valence-corrected chi connectivity index (χ2v) is 7.20. The molecule has 6 nitrogen and oxygen atoms in total. The van der Waals surface area contributed by atoms with Crippen molar-refractivity contribution in [1.29, 1.82) is 0 Å². The Morgan fingerprint density at radius 2 is 1.93 bits per heavy atom. The maximum atomic E-state index is 13.1. The molecule has 1 amide bonds. The Labute approximate surface area is 160 Å². The molecule has 0 saturated carbocycles. The van der Waals surface area contributed by atoms with Crippen molar-refractivity contribution >= 4 is 5.91 Å². The topological polar surface area (TPSA) is 54.3 Å². The molecule has 1 atom stereocenters. The van der Waals surface area contributed by atoms with Crippen molar-refractivity contribution in [2.24, 2.45) is 0 Å². The number of rotatable bonds is 3. The number of benzene rings is 1. The number of amides is 1. The van der Waals surface area contributed by atoms with Gasteiger partial charge < -0.3 is 9.80 Å². The average molecular weight is 393 g/mol. The van der Waals surface area contributed by atoms with E-state index in [1.165, 1.54) is 6.07 Å². The normalized spacial score (nSPS) is 20.4. The van der Waals surface area contributed by atoms with E-state index in [9.17, 15) is 18.0 Å². The van der Waals surface area contributed by atoms with Crippen molar-refractivity contribution in [1.82, 2.24) is 24.6 Å². The van der Waals surface area contributed by atoms with Crippen LogP contribution >= 0.6 is 0 Å². The van der Waals surface area contributed by atoms with Gasteiger partial charge in [0.25, 0.3) is 0 Å². The summed E-state index contributed by atoms with van der Waals surface area (Å²) in [5, 5.41) is 8.22. The molecule has 150 valence electrons. The van der Waals surface area contributed by atoms with Crippen molar-refractivity contribution in [2.45, 2.75) is 32.0 Å². The molecule has 4 rings (SSSR count). The van der Waals surface area contributed by atoms with Gasteiger partial charge in [0.05, 0.1) is 5.56 Å². The van der Waals surface area contributed by atoms with E-state index < -0.39 is 17.8 Å². The van der Waals surface area contributed by atoms with Gasteiger partial charge >= 0.3 is 6.18 Å². The molecule has 2 aromatic rings. The first-order chi connectivity index (χ1) is 13.4. The number of carbonyl (C=O) groups is 1. The molecule has 1 saturated heterocycles. The van der Waals surface area contributed by atoms with Crippen LogP contribution in [0.3, 0.4) is 0 Å². The molecule has 0 bridgehead atoms. The predicted molar refractivity (Wildman–Crippen MR) is 96.5 cm³/mol. The Morgan fingerprint density at radius 3 is 2.61 bits per heavy atom. The molecule has 2 aliphatic heterocycles. The van der Waals surface area contributed by atoms with Crippen LogP contribution in [0, 0.1) is 0 Å². The average Bonchev–Trinajstić information content (AvgIpc) is 3.29.